The average molecular weight is 213 g/mol. The van der Waals surface area contributed by atoms with Crippen molar-refractivity contribution in [3.05, 3.63) is 35.4 Å². The van der Waals surface area contributed by atoms with Gasteiger partial charge in [-0.05, 0) is 24.1 Å². The van der Waals surface area contributed by atoms with Gasteiger partial charge in [0.25, 0.3) is 0 Å². The van der Waals surface area contributed by atoms with E-state index >= 15 is 0 Å². The number of hydrogen-bond acceptors (Lipinski definition) is 2. The molecule has 0 N–H and O–H groups in total. The van der Waals surface area contributed by atoms with E-state index in [1.165, 1.54) is 0 Å². The van der Waals surface area contributed by atoms with E-state index in [1.807, 2.05) is 13.8 Å². The zero-order chi connectivity index (χ0) is 11.3. The van der Waals surface area contributed by atoms with Gasteiger partial charge in [0, 0.05) is 11.8 Å². The van der Waals surface area contributed by atoms with Crippen LogP contribution in [0.3, 0.4) is 0 Å². The lowest BCUT2D eigenvalue weighted by molar-refractivity contribution is 0.128. The Bertz CT molecular complexity index is 350. The molecule has 0 atom stereocenters. The fourth-order valence-corrected chi connectivity index (χ4v) is 0.925. The number of rotatable bonds is 4. The van der Waals surface area contributed by atoms with Crippen LogP contribution in [0.5, 0.6) is 0 Å². The van der Waals surface area contributed by atoms with Gasteiger partial charge in [0.15, 0.2) is 0 Å². The van der Waals surface area contributed by atoms with Gasteiger partial charge in [-0.25, -0.2) is 8.78 Å². The average Bonchev–Trinajstić information content (AvgIpc) is 2.17. The maximum atomic E-state index is 13.1. The highest BCUT2D eigenvalue weighted by atomic mass is 19.1. The molecule has 0 amide bonds. The van der Waals surface area contributed by atoms with Crippen molar-refractivity contribution in [3.63, 3.8) is 0 Å². The van der Waals surface area contributed by atoms with Crippen LogP contribution >= 0.6 is 0 Å². The van der Waals surface area contributed by atoms with Gasteiger partial charge in [-0.2, -0.15) is 0 Å². The first kappa shape index (κ1) is 11.6. The lowest BCUT2D eigenvalue weighted by Crippen LogP contribution is -1.95. The summed E-state index contributed by atoms with van der Waals surface area (Å²) in [5.41, 5.74) is 0.163. The van der Waals surface area contributed by atoms with Gasteiger partial charge >= 0.3 is 0 Å². The molecule has 0 saturated carbocycles. The second-order valence-corrected chi connectivity index (χ2v) is 3.51. The second kappa shape index (κ2) is 5.44. The quantitative estimate of drug-likeness (QED) is 0.556. The number of halogens is 2. The van der Waals surface area contributed by atoms with Gasteiger partial charge in [0.2, 0.25) is 0 Å². The van der Waals surface area contributed by atoms with Gasteiger partial charge in [0.1, 0.15) is 18.2 Å². The zero-order valence-electron chi connectivity index (χ0n) is 8.71. The van der Waals surface area contributed by atoms with E-state index in [0.29, 0.717) is 0 Å². The molecule has 15 heavy (non-hydrogen) atoms. The monoisotopic (exact) mass is 213 g/mol. The minimum absolute atomic E-state index is 0.0627. The molecule has 0 bridgehead atoms. The Labute approximate surface area is 87.6 Å². The number of hydrogen-bond donors (Lipinski definition) is 0. The molecule has 1 aromatic carbocycles. The van der Waals surface area contributed by atoms with Crippen LogP contribution < -0.4 is 0 Å². The van der Waals surface area contributed by atoms with E-state index in [1.54, 1.807) is 6.21 Å². The minimum atomic E-state index is -0.490. The molecule has 82 valence electrons. The van der Waals surface area contributed by atoms with Gasteiger partial charge in [-0.15, -0.1) is 0 Å². The topological polar surface area (TPSA) is 21.6 Å². The summed E-state index contributed by atoms with van der Waals surface area (Å²) in [6.45, 7) is 3.82. The van der Waals surface area contributed by atoms with Crippen LogP contribution in [-0.2, 0) is 11.4 Å². The summed E-state index contributed by atoms with van der Waals surface area (Å²) >= 11 is 0. The fraction of sp³-hybridized carbons (Fsp3) is 0.364. The summed E-state index contributed by atoms with van der Waals surface area (Å²) in [5, 5.41) is 3.62. The van der Waals surface area contributed by atoms with E-state index in [-0.39, 0.29) is 18.1 Å². The van der Waals surface area contributed by atoms with E-state index in [0.717, 1.165) is 18.2 Å². The molecule has 0 aromatic heterocycles. The molecule has 0 aliphatic heterocycles. The van der Waals surface area contributed by atoms with Crippen molar-refractivity contribution in [1.29, 1.82) is 0 Å². The van der Waals surface area contributed by atoms with E-state index < -0.39 is 11.6 Å². The van der Waals surface area contributed by atoms with Crippen LogP contribution in [0.25, 0.3) is 0 Å². The third-order valence-electron chi connectivity index (χ3n) is 1.66. The van der Waals surface area contributed by atoms with Crippen molar-refractivity contribution >= 4 is 6.21 Å². The summed E-state index contributed by atoms with van der Waals surface area (Å²) in [6, 6.07) is 3.23. The number of benzene rings is 1. The molecule has 4 heteroatoms. The molecule has 0 unspecified atom stereocenters. The molecule has 1 aromatic rings. The molecule has 0 spiro atoms. The van der Waals surface area contributed by atoms with Crippen LogP contribution in [0.2, 0.25) is 0 Å². The Morgan fingerprint density at radius 3 is 2.80 bits per heavy atom. The van der Waals surface area contributed by atoms with Gasteiger partial charge in [0.05, 0.1) is 0 Å². The summed E-state index contributed by atoms with van der Waals surface area (Å²) in [6.07, 6.45) is 1.59. The maximum Gasteiger partial charge on any atom is 0.145 e. The van der Waals surface area contributed by atoms with Crippen LogP contribution in [0.15, 0.2) is 23.4 Å². The highest BCUT2D eigenvalue weighted by molar-refractivity contribution is 5.58. The first-order chi connectivity index (χ1) is 7.09. The SMILES string of the molecule is CC(C)C=NOCc1cc(F)ccc1F. The second-order valence-electron chi connectivity index (χ2n) is 3.51. The van der Waals surface area contributed by atoms with Crippen molar-refractivity contribution in [2.24, 2.45) is 11.1 Å². The number of oxime groups is 1. The van der Waals surface area contributed by atoms with Crippen molar-refractivity contribution in [3.8, 4) is 0 Å². The molecular weight excluding hydrogens is 200 g/mol. The summed E-state index contributed by atoms with van der Waals surface area (Å²) in [7, 11) is 0. The molecule has 0 aliphatic rings. The van der Waals surface area contributed by atoms with E-state index in [9.17, 15) is 8.78 Å². The van der Waals surface area contributed by atoms with Gasteiger partial charge < -0.3 is 4.84 Å². The first-order valence-corrected chi connectivity index (χ1v) is 4.69. The highest BCUT2D eigenvalue weighted by Crippen LogP contribution is 2.10. The van der Waals surface area contributed by atoms with Crippen molar-refractivity contribution in [2.75, 3.05) is 0 Å². The highest BCUT2D eigenvalue weighted by Gasteiger charge is 2.03. The molecule has 0 heterocycles. The summed E-state index contributed by atoms with van der Waals surface area (Å²) in [4.78, 5) is 4.83. The van der Waals surface area contributed by atoms with Crippen molar-refractivity contribution < 1.29 is 13.6 Å². The molecule has 0 aliphatic carbocycles. The standard InChI is InChI=1S/C11H13F2NO/c1-8(2)6-14-15-7-9-5-10(12)3-4-11(9)13/h3-6,8H,7H2,1-2H3. The van der Waals surface area contributed by atoms with Crippen molar-refractivity contribution in [1.82, 2.24) is 0 Å². The van der Waals surface area contributed by atoms with E-state index in [2.05, 4.69) is 5.16 Å². The molecule has 1 rings (SSSR count). The summed E-state index contributed by atoms with van der Waals surface area (Å²) in [5.74, 6) is -0.707. The van der Waals surface area contributed by atoms with Crippen LogP contribution in [0.4, 0.5) is 8.78 Å². The van der Waals surface area contributed by atoms with Gasteiger partial charge in [-0.3, -0.25) is 0 Å². The van der Waals surface area contributed by atoms with Crippen LogP contribution in [0.1, 0.15) is 19.4 Å². The summed E-state index contributed by atoms with van der Waals surface area (Å²) < 4.78 is 25.8. The Kier molecular flexibility index (Phi) is 4.21. The Morgan fingerprint density at radius 1 is 1.40 bits per heavy atom. The minimum Gasteiger partial charge on any atom is -0.391 e. The molecule has 2 nitrogen and oxygen atoms in total. The predicted octanol–water partition coefficient (Wildman–Crippen LogP) is 3.12. The maximum absolute atomic E-state index is 13.1. The molecule has 0 saturated heterocycles. The third kappa shape index (κ3) is 4.06. The normalized spacial score (nSPS) is 11.3. The zero-order valence-corrected chi connectivity index (χ0v) is 8.71. The lowest BCUT2D eigenvalue weighted by Gasteiger charge is -2.02. The third-order valence-corrected chi connectivity index (χ3v) is 1.66. The molecular formula is C11H13F2NO. The van der Waals surface area contributed by atoms with Crippen molar-refractivity contribution in [2.45, 2.75) is 20.5 Å². The number of nitrogens with zero attached hydrogens (tertiary/aromatic N) is 1. The molecule has 0 fully saturated rings. The van der Waals surface area contributed by atoms with Gasteiger partial charge in [-0.1, -0.05) is 19.0 Å². The smallest absolute Gasteiger partial charge is 0.145 e. The van der Waals surface area contributed by atoms with E-state index in [4.69, 9.17) is 4.84 Å². The lowest BCUT2D eigenvalue weighted by atomic mass is 10.2. The Hall–Kier alpha value is -1.45. The Balaban J connectivity index is 2.54. The largest absolute Gasteiger partial charge is 0.391 e. The van der Waals surface area contributed by atoms with Crippen LogP contribution in [-0.4, -0.2) is 6.21 Å². The Morgan fingerprint density at radius 2 is 2.13 bits per heavy atom. The first-order valence-electron chi connectivity index (χ1n) is 4.69. The van der Waals surface area contributed by atoms with Crippen LogP contribution in [0, 0.1) is 17.6 Å². The molecule has 0 radical (unpaired) electrons. The fourth-order valence-electron chi connectivity index (χ4n) is 0.925. The predicted molar refractivity (Wildman–Crippen MR) is 54.5 cm³/mol.